The van der Waals surface area contributed by atoms with Gasteiger partial charge in [0.25, 0.3) is 0 Å². The van der Waals surface area contributed by atoms with Crippen LogP contribution >= 0.6 is 0 Å². The molecule has 0 fully saturated rings. The van der Waals surface area contributed by atoms with Crippen LogP contribution in [-0.4, -0.2) is 45.3 Å². The fourth-order valence-electron chi connectivity index (χ4n) is 3.49. The first kappa shape index (κ1) is 18.9. The number of aryl methyl sites for hydroxylation is 1. The van der Waals surface area contributed by atoms with Crippen molar-refractivity contribution in [3.05, 3.63) is 53.6 Å². The topological polar surface area (TPSA) is 69.3 Å². The zero-order chi connectivity index (χ0) is 19.2. The first-order valence-corrected chi connectivity index (χ1v) is 9.08. The van der Waals surface area contributed by atoms with Gasteiger partial charge in [-0.2, -0.15) is 0 Å². The molecule has 2 N–H and O–H groups in total. The molecule has 0 radical (unpaired) electrons. The Balaban J connectivity index is 1.67. The molecule has 0 unspecified atom stereocenters. The molecule has 0 saturated heterocycles. The summed E-state index contributed by atoms with van der Waals surface area (Å²) in [6, 6.07) is 14.6. The number of aliphatic imine (C=N–C) groups is 1. The van der Waals surface area contributed by atoms with E-state index in [1.807, 2.05) is 18.2 Å². The molecule has 6 nitrogen and oxygen atoms in total. The van der Waals surface area contributed by atoms with Gasteiger partial charge in [0.15, 0.2) is 17.5 Å². The predicted octanol–water partition coefficient (Wildman–Crippen LogP) is 3.02. The van der Waals surface area contributed by atoms with E-state index in [2.05, 4.69) is 34.2 Å². The van der Waals surface area contributed by atoms with Crippen molar-refractivity contribution in [2.24, 2.45) is 10.7 Å². The fraction of sp³-hybridized carbons (Fsp3) is 0.381. The first-order chi connectivity index (χ1) is 13.2. The summed E-state index contributed by atoms with van der Waals surface area (Å²) < 4.78 is 16.3. The molecule has 0 saturated carbocycles. The predicted molar refractivity (Wildman–Crippen MR) is 107 cm³/mol. The number of guanidine groups is 1. The standard InChI is InChI=1S/C21H27N3O3/c1-25-18-12-15(13-19(26-2)20(18)27-3)8-7-11-24-17(14-23-21(24)22)16-9-5-4-6-10-16/h4-6,9-10,12-13,17H,7-8,11,14H2,1-3H3,(H2,22,23)/t17-/m1/s1. The normalized spacial score (nSPS) is 16.2. The number of ether oxygens (including phenoxy) is 3. The van der Waals surface area contributed by atoms with Crippen LogP contribution in [0.1, 0.15) is 23.6 Å². The minimum absolute atomic E-state index is 0.214. The minimum atomic E-state index is 0.214. The zero-order valence-electron chi connectivity index (χ0n) is 16.1. The van der Waals surface area contributed by atoms with E-state index in [1.165, 1.54) is 5.56 Å². The van der Waals surface area contributed by atoms with E-state index < -0.39 is 0 Å². The molecule has 1 heterocycles. The molecule has 0 aromatic heterocycles. The molecule has 0 bridgehead atoms. The van der Waals surface area contributed by atoms with Crippen molar-refractivity contribution >= 4 is 5.96 Å². The first-order valence-electron chi connectivity index (χ1n) is 9.08. The number of rotatable bonds is 8. The summed E-state index contributed by atoms with van der Waals surface area (Å²) in [6.07, 6.45) is 1.82. The summed E-state index contributed by atoms with van der Waals surface area (Å²) in [5.74, 6) is 2.59. The summed E-state index contributed by atoms with van der Waals surface area (Å²) in [7, 11) is 4.87. The Morgan fingerprint density at radius 2 is 1.70 bits per heavy atom. The highest BCUT2D eigenvalue weighted by Crippen LogP contribution is 2.38. The van der Waals surface area contributed by atoms with Crippen LogP contribution < -0.4 is 19.9 Å². The Bertz CT molecular complexity index is 768. The van der Waals surface area contributed by atoms with Crippen molar-refractivity contribution in [1.29, 1.82) is 0 Å². The molecular weight excluding hydrogens is 342 g/mol. The van der Waals surface area contributed by atoms with Crippen molar-refractivity contribution in [3.8, 4) is 17.2 Å². The lowest BCUT2D eigenvalue weighted by molar-refractivity contribution is 0.323. The third kappa shape index (κ3) is 4.10. The maximum Gasteiger partial charge on any atom is 0.203 e. The van der Waals surface area contributed by atoms with Gasteiger partial charge in [0.1, 0.15) is 0 Å². The van der Waals surface area contributed by atoms with Crippen molar-refractivity contribution in [2.75, 3.05) is 34.4 Å². The molecule has 3 rings (SSSR count). The van der Waals surface area contributed by atoms with E-state index in [1.54, 1.807) is 21.3 Å². The van der Waals surface area contributed by atoms with Crippen molar-refractivity contribution in [1.82, 2.24) is 4.90 Å². The highest BCUT2D eigenvalue weighted by atomic mass is 16.5. The number of hydrogen-bond donors (Lipinski definition) is 1. The fourth-order valence-corrected chi connectivity index (χ4v) is 3.49. The Labute approximate surface area is 160 Å². The van der Waals surface area contributed by atoms with Crippen LogP contribution in [0.4, 0.5) is 0 Å². The van der Waals surface area contributed by atoms with Crippen LogP contribution in [0.25, 0.3) is 0 Å². The average Bonchev–Trinajstić information content (AvgIpc) is 3.08. The molecule has 2 aromatic rings. The van der Waals surface area contributed by atoms with Crippen LogP contribution in [0, 0.1) is 0 Å². The average molecular weight is 369 g/mol. The SMILES string of the molecule is COc1cc(CCCN2C(N)=NC[C@@H]2c2ccccc2)cc(OC)c1OC. The third-order valence-electron chi connectivity index (χ3n) is 4.87. The maximum absolute atomic E-state index is 6.13. The van der Waals surface area contributed by atoms with Gasteiger partial charge < -0.3 is 24.8 Å². The minimum Gasteiger partial charge on any atom is -0.493 e. The smallest absolute Gasteiger partial charge is 0.203 e. The molecule has 0 aliphatic carbocycles. The Morgan fingerprint density at radius 1 is 1.04 bits per heavy atom. The molecule has 2 aromatic carbocycles. The number of nitrogens with zero attached hydrogens (tertiary/aromatic N) is 2. The number of methoxy groups -OCH3 is 3. The summed E-state index contributed by atoms with van der Waals surface area (Å²) >= 11 is 0. The van der Waals surface area contributed by atoms with Gasteiger partial charge in [0.05, 0.1) is 33.9 Å². The molecule has 1 aliphatic rings. The van der Waals surface area contributed by atoms with Gasteiger partial charge in [-0.25, -0.2) is 0 Å². The van der Waals surface area contributed by atoms with E-state index in [-0.39, 0.29) is 6.04 Å². The van der Waals surface area contributed by atoms with E-state index in [4.69, 9.17) is 19.9 Å². The lowest BCUT2D eigenvalue weighted by Crippen LogP contribution is -2.37. The Hall–Kier alpha value is -2.89. The number of hydrogen-bond acceptors (Lipinski definition) is 6. The quantitative estimate of drug-likeness (QED) is 0.775. The molecular formula is C21H27N3O3. The zero-order valence-corrected chi connectivity index (χ0v) is 16.1. The van der Waals surface area contributed by atoms with Crippen LogP contribution in [0.15, 0.2) is 47.5 Å². The van der Waals surface area contributed by atoms with Gasteiger partial charge >= 0.3 is 0 Å². The number of benzene rings is 2. The number of nitrogens with two attached hydrogens (primary N) is 1. The molecule has 1 atom stereocenters. The van der Waals surface area contributed by atoms with Crippen LogP contribution in [0.2, 0.25) is 0 Å². The molecule has 0 spiro atoms. The van der Waals surface area contributed by atoms with Gasteiger partial charge in [-0.15, -0.1) is 0 Å². The van der Waals surface area contributed by atoms with Gasteiger partial charge in [0, 0.05) is 6.54 Å². The summed E-state index contributed by atoms with van der Waals surface area (Å²) in [6.45, 7) is 1.55. The van der Waals surface area contributed by atoms with E-state index >= 15 is 0 Å². The van der Waals surface area contributed by atoms with Crippen LogP contribution in [0.5, 0.6) is 17.2 Å². The van der Waals surface area contributed by atoms with Gasteiger partial charge in [-0.1, -0.05) is 30.3 Å². The van der Waals surface area contributed by atoms with Crippen molar-refractivity contribution < 1.29 is 14.2 Å². The lowest BCUT2D eigenvalue weighted by atomic mass is 10.0. The largest absolute Gasteiger partial charge is 0.493 e. The molecule has 27 heavy (non-hydrogen) atoms. The van der Waals surface area contributed by atoms with Crippen molar-refractivity contribution in [3.63, 3.8) is 0 Å². The van der Waals surface area contributed by atoms with Crippen LogP contribution in [0.3, 0.4) is 0 Å². The third-order valence-corrected chi connectivity index (χ3v) is 4.87. The van der Waals surface area contributed by atoms with Crippen LogP contribution in [-0.2, 0) is 6.42 Å². The summed E-state index contributed by atoms with van der Waals surface area (Å²) in [4.78, 5) is 6.63. The molecule has 0 amide bonds. The second kappa shape index (κ2) is 8.66. The highest BCUT2D eigenvalue weighted by Gasteiger charge is 2.26. The Morgan fingerprint density at radius 3 is 2.30 bits per heavy atom. The highest BCUT2D eigenvalue weighted by molar-refractivity contribution is 5.80. The second-order valence-electron chi connectivity index (χ2n) is 6.46. The second-order valence-corrected chi connectivity index (χ2v) is 6.46. The Kier molecular flexibility index (Phi) is 6.06. The van der Waals surface area contributed by atoms with Crippen molar-refractivity contribution in [2.45, 2.75) is 18.9 Å². The van der Waals surface area contributed by atoms with Gasteiger partial charge in [0.2, 0.25) is 5.75 Å². The van der Waals surface area contributed by atoms with E-state index in [0.29, 0.717) is 29.8 Å². The van der Waals surface area contributed by atoms with E-state index in [0.717, 1.165) is 24.9 Å². The summed E-state index contributed by atoms with van der Waals surface area (Å²) in [5.41, 5.74) is 8.51. The molecule has 1 aliphatic heterocycles. The van der Waals surface area contributed by atoms with Gasteiger partial charge in [-0.05, 0) is 36.1 Å². The maximum atomic E-state index is 6.13. The summed E-state index contributed by atoms with van der Waals surface area (Å²) in [5, 5.41) is 0. The van der Waals surface area contributed by atoms with E-state index in [9.17, 15) is 0 Å². The monoisotopic (exact) mass is 369 g/mol. The van der Waals surface area contributed by atoms with Gasteiger partial charge in [-0.3, -0.25) is 4.99 Å². The lowest BCUT2D eigenvalue weighted by Gasteiger charge is -2.26. The molecule has 6 heteroatoms. The molecule has 144 valence electrons.